The van der Waals surface area contributed by atoms with Gasteiger partial charge in [0.1, 0.15) is 8.96 Å². The topological polar surface area (TPSA) is 12.0 Å². The molecule has 0 aliphatic rings. The third-order valence-electron chi connectivity index (χ3n) is 2.02. The maximum atomic E-state index is 3.62. The molecule has 0 spiro atoms. The van der Waals surface area contributed by atoms with Crippen LogP contribution in [0.1, 0.15) is 27.7 Å². The van der Waals surface area contributed by atoms with Gasteiger partial charge in [0.25, 0.3) is 0 Å². The minimum absolute atomic E-state index is 0.286. The zero-order valence-corrected chi connectivity index (χ0v) is 9.08. The normalized spacial score (nSPS) is 13.2. The molecule has 0 aromatic carbocycles. The fraction of sp³-hybridized carbons (Fsp3) is 1.00. The summed E-state index contributed by atoms with van der Waals surface area (Å²) in [6, 6.07) is 0. The molecule has 0 heterocycles. The molecule has 0 aromatic rings. The lowest BCUT2D eigenvalue weighted by Crippen LogP contribution is -2.49. The minimum Gasteiger partial charge on any atom is -0.333 e. The summed E-state index contributed by atoms with van der Waals surface area (Å²) >= 11 is 0. The Bertz CT molecular complexity index is 97.4. The Labute approximate surface area is 66.9 Å². The molecule has 0 bridgehead atoms. The van der Waals surface area contributed by atoms with Crippen LogP contribution >= 0.6 is 0 Å². The summed E-state index contributed by atoms with van der Waals surface area (Å²) < 4.78 is 0. The van der Waals surface area contributed by atoms with Crippen LogP contribution < -0.4 is 4.98 Å². The van der Waals surface area contributed by atoms with E-state index in [9.17, 15) is 0 Å². The quantitative estimate of drug-likeness (QED) is 0.621. The Morgan fingerprint density at radius 3 is 1.70 bits per heavy atom. The highest BCUT2D eigenvalue weighted by Gasteiger charge is 2.22. The molecule has 1 N–H and O–H groups in total. The minimum atomic E-state index is -0.286. The van der Waals surface area contributed by atoms with Crippen molar-refractivity contribution in [1.82, 2.24) is 4.98 Å². The highest BCUT2D eigenvalue weighted by molar-refractivity contribution is 6.53. The molecule has 10 heavy (non-hydrogen) atoms. The Balaban J connectivity index is 3.87. The van der Waals surface area contributed by atoms with Gasteiger partial charge in [-0.2, -0.15) is 0 Å². The molecular weight excluding hydrogens is 138 g/mol. The van der Waals surface area contributed by atoms with Crippen molar-refractivity contribution in [2.24, 2.45) is 5.92 Å². The van der Waals surface area contributed by atoms with E-state index in [1.165, 1.54) is 0 Å². The number of hydrogen-bond donors (Lipinski definition) is 1. The molecule has 0 unspecified atom stereocenters. The Morgan fingerprint density at radius 2 is 1.60 bits per heavy atom. The first kappa shape index (κ1) is 10.2. The van der Waals surface area contributed by atoms with Gasteiger partial charge in [-0.25, -0.2) is 0 Å². The van der Waals surface area contributed by atoms with E-state index in [0.717, 1.165) is 0 Å². The van der Waals surface area contributed by atoms with Gasteiger partial charge in [-0.3, -0.25) is 0 Å². The molecule has 0 saturated carbocycles. The van der Waals surface area contributed by atoms with Crippen molar-refractivity contribution in [3.63, 3.8) is 0 Å². The summed E-state index contributed by atoms with van der Waals surface area (Å²) in [6.07, 6.45) is 0. The van der Waals surface area contributed by atoms with Crippen LogP contribution in [0.2, 0.25) is 13.1 Å². The standard InChI is InChI=1S/C8H20NSi/c1-7(2)8(3,4)9-10(5)6/h7,9H,1-6H3. The molecule has 1 radical (unpaired) electrons. The Kier molecular flexibility index (Phi) is 3.60. The third kappa shape index (κ3) is 3.37. The highest BCUT2D eigenvalue weighted by Crippen LogP contribution is 2.14. The van der Waals surface area contributed by atoms with Crippen molar-refractivity contribution in [3.05, 3.63) is 0 Å². The van der Waals surface area contributed by atoms with Crippen molar-refractivity contribution in [3.8, 4) is 0 Å². The summed E-state index contributed by atoms with van der Waals surface area (Å²) in [6.45, 7) is 13.6. The van der Waals surface area contributed by atoms with E-state index in [0.29, 0.717) is 11.5 Å². The van der Waals surface area contributed by atoms with Crippen LogP contribution in [0.5, 0.6) is 0 Å². The highest BCUT2D eigenvalue weighted by atomic mass is 28.3. The van der Waals surface area contributed by atoms with E-state index in [2.05, 4.69) is 45.8 Å². The van der Waals surface area contributed by atoms with Crippen molar-refractivity contribution in [2.75, 3.05) is 0 Å². The van der Waals surface area contributed by atoms with Crippen LogP contribution in [0, 0.1) is 5.92 Å². The molecule has 0 rings (SSSR count). The molecule has 0 aliphatic heterocycles. The lowest BCUT2D eigenvalue weighted by atomic mass is 9.92. The summed E-state index contributed by atoms with van der Waals surface area (Å²) in [5.41, 5.74) is 0.317. The molecule has 0 aliphatic carbocycles. The van der Waals surface area contributed by atoms with E-state index >= 15 is 0 Å². The lowest BCUT2D eigenvalue weighted by Gasteiger charge is -2.32. The second-order valence-electron chi connectivity index (χ2n) is 4.00. The van der Waals surface area contributed by atoms with E-state index in [-0.39, 0.29) is 8.96 Å². The van der Waals surface area contributed by atoms with Crippen molar-refractivity contribution >= 4 is 8.96 Å². The molecule has 2 heteroatoms. The molecule has 1 nitrogen and oxygen atoms in total. The summed E-state index contributed by atoms with van der Waals surface area (Å²) in [7, 11) is -0.286. The molecule has 0 saturated heterocycles. The van der Waals surface area contributed by atoms with Gasteiger partial charge >= 0.3 is 0 Å². The average Bonchev–Trinajstić information content (AvgIpc) is 1.60. The molecule has 0 atom stereocenters. The third-order valence-corrected chi connectivity index (χ3v) is 3.16. The first-order chi connectivity index (χ1) is 4.36. The van der Waals surface area contributed by atoms with Crippen LogP contribution in [0.15, 0.2) is 0 Å². The van der Waals surface area contributed by atoms with Crippen LogP contribution in [-0.4, -0.2) is 14.5 Å². The average molecular weight is 158 g/mol. The monoisotopic (exact) mass is 158 g/mol. The fourth-order valence-corrected chi connectivity index (χ4v) is 2.37. The molecule has 0 amide bonds. The zero-order valence-electron chi connectivity index (χ0n) is 8.08. The SMILES string of the molecule is CC(C)C(C)(C)N[Si](C)C. The summed E-state index contributed by atoms with van der Waals surface area (Å²) in [5, 5.41) is 0. The maximum Gasteiger partial charge on any atom is 0.127 e. The van der Waals surface area contributed by atoms with Crippen LogP contribution in [0.3, 0.4) is 0 Å². The van der Waals surface area contributed by atoms with Crippen LogP contribution in [0.4, 0.5) is 0 Å². The van der Waals surface area contributed by atoms with E-state index in [4.69, 9.17) is 0 Å². The van der Waals surface area contributed by atoms with Crippen molar-refractivity contribution in [2.45, 2.75) is 46.3 Å². The van der Waals surface area contributed by atoms with Gasteiger partial charge in [-0.1, -0.05) is 26.9 Å². The van der Waals surface area contributed by atoms with Crippen molar-refractivity contribution in [1.29, 1.82) is 0 Å². The number of rotatable bonds is 3. The predicted molar refractivity (Wildman–Crippen MR) is 49.5 cm³/mol. The van der Waals surface area contributed by atoms with Crippen molar-refractivity contribution < 1.29 is 0 Å². The number of nitrogens with one attached hydrogen (secondary N) is 1. The van der Waals surface area contributed by atoms with Gasteiger partial charge < -0.3 is 4.98 Å². The van der Waals surface area contributed by atoms with E-state index in [1.54, 1.807) is 0 Å². The zero-order chi connectivity index (χ0) is 8.36. The first-order valence-electron chi connectivity index (χ1n) is 3.94. The smallest absolute Gasteiger partial charge is 0.127 e. The van der Waals surface area contributed by atoms with E-state index in [1.807, 2.05) is 0 Å². The van der Waals surface area contributed by atoms with Gasteiger partial charge in [0.2, 0.25) is 0 Å². The second kappa shape index (κ2) is 3.53. The molecule has 0 fully saturated rings. The molecular formula is C8H20NSi. The summed E-state index contributed by atoms with van der Waals surface area (Å²) in [5.74, 6) is 0.715. The van der Waals surface area contributed by atoms with Gasteiger partial charge in [0.15, 0.2) is 0 Å². The second-order valence-corrected chi connectivity index (χ2v) is 6.25. The first-order valence-corrected chi connectivity index (χ1v) is 6.44. The molecule has 61 valence electrons. The van der Waals surface area contributed by atoms with Crippen LogP contribution in [-0.2, 0) is 0 Å². The van der Waals surface area contributed by atoms with E-state index < -0.39 is 0 Å². The Morgan fingerprint density at radius 1 is 1.20 bits per heavy atom. The number of hydrogen-bond acceptors (Lipinski definition) is 1. The Hall–Kier alpha value is 0.177. The fourth-order valence-electron chi connectivity index (χ4n) is 0.789. The van der Waals surface area contributed by atoms with Crippen LogP contribution in [0.25, 0.3) is 0 Å². The molecule has 0 aromatic heterocycles. The van der Waals surface area contributed by atoms with Gasteiger partial charge in [-0.05, 0) is 19.8 Å². The lowest BCUT2D eigenvalue weighted by molar-refractivity contribution is 0.338. The summed E-state index contributed by atoms with van der Waals surface area (Å²) in [4.78, 5) is 3.62. The van der Waals surface area contributed by atoms with Gasteiger partial charge in [0, 0.05) is 5.54 Å². The predicted octanol–water partition coefficient (Wildman–Crippen LogP) is 2.26. The van der Waals surface area contributed by atoms with Gasteiger partial charge in [-0.15, -0.1) is 0 Å². The maximum absolute atomic E-state index is 3.62. The largest absolute Gasteiger partial charge is 0.333 e. The van der Waals surface area contributed by atoms with Gasteiger partial charge in [0.05, 0.1) is 0 Å².